The van der Waals surface area contributed by atoms with E-state index in [2.05, 4.69) is 0 Å². The second-order valence-corrected chi connectivity index (χ2v) is 5.81. The Balaban J connectivity index is 2.31. The number of hydrogen-bond donors (Lipinski definition) is 0. The second-order valence-electron chi connectivity index (χ2n) is 5.81. The number of benzene rings is 1. The van der Waals surface area contributed by atoms with E-state index in [0.717, 1.165) is 5.56 Å². The molecule has 2 rings (SSSR count). The Labute approximate surface area is 102 Å². The van der Waals surface area contributed by atoms with Crippen molar-refractivity contribution in [3.63, 3.8) is 0 Å². The van der Waals surface area contributed by atoms with Crippen LogP contribution in [0, 0.1) is 10.8 Å². The Hall–Kier alpha value is -1.44. The Bertz CT molecular complexity index is 459. The number of hydrogen-bond acceptors (Lipinski definition) is 2. The van der Waals surface area contributed by atoms with E-state index in [-0.39, 0.29) is 11.6 Å². The van der Waals surface area contributed by atoms with E-state index < -0.39 is 10.8 Å². The molecular weight excluding hydrogens is 212 g/mol. The van der Waals surface area contributed by atoms with E-state index in [1.165, 1.54) is 0 Å². The van der Waals surface area contributed by atoms with Crippen molar-refractivity contribution >= 4 is 11.6 Å². The highest BCUT2D eigenvalue weighted by molar-refractivity contribution is 6.15. The highest BCUT2D eigenvalue weighted by atomic mass is 16.2. The van der Waals surface area contributed by atoms with Crippen LogP contribution in [-0.2, 0) is 16.0 Å². The molecule has 1 aromatic rings. The molecule has 0 spiro atoms. The predicted octanol–water partition coefficient (Wildman–Crippen LogP) is 2.80. The molecule has 1 saturated carbocycles. The molecule has 0 amide bonds. The molecule has 0 saturated heterocycles. The fourth-order valence-electron chi connectivity index (χ4n) is 2.73. The summed E-state index contributed by atoms with van der Waals surface area (Å²) in [5, 5.41) is 0. The molecule has 0 bridgehead atoms. The first kappa shape index (κ1) is 12.0. The standard InChI is InChI=1S/C15H18O2/c1-14(2)10-12(16)15(3,13(14)17)9-11-7-5-4-6-8-11/h4-8H,9-10H2,1-3H3. The third kappa shape index (κ3) is 1.92. The maximum atomic E-state index is 12.3. The van der Waals surface area contributed by atoms with Crippen LogP contribution >= 0.6 is 0 Å². The minimum atomic E-state index is -0.829. The van der Waals surface area contributed by atoms with Gasteiger partial charge < -0.3 is 0 Å². The molecule has 0 heterocycles. The molecule has 2 nitrogen and oxygen atoms in total. The number of Topliss-reactive ketones (excluding diaryl/α,β-unsaturated/α-hetero) is 2. The van der Waals surface area contributed by atoms with Gasteiger partial charge in [-0.3, -0.25) is 9.59 Å². The third-order valence-corrected chi connectivity index (χ3v) is 3.73. The van der Waals surface area contributed by atoms with Crippen molar-refractivity contribution in [3.05, 3.63) is 35.9 Å². The van der Waals surface area contributed by atoms with Gasteiger partial charge in [-0.05, 0) is 18.9 Å². The molecule has 1 aromatic carbocycles. The largest absolute Gasteiger partial charge is 0.299 e. The lowest BCUT2D eigenvalue weighted by Gasteiger charge is -2.23. The summed E-state index contributed by atoms with van der Waals surface area (Å²) in [6, 6.07) is 9.75. The van der Waals surface area contributed by atoms with Crippen molar-refractivity contribution in [1.29, 1.82) is 0 Å². The van der Waals surface area contributed by atoms with E-state index in [9.17, 15) is 9.59 Å². The highest BCUT2D eigenvalue weighted by Gasteiger charge is 2.54. The Morgan fingerprint density at radius 2 is 1.65 bits per heavy atom. The van der Waals surface area contributed by atoms with Crippen molar-refractivity contribution in [2.75, 3.05) is 0 Å². The molecule has 1 aliphatic rings. The zero-order valence-corrected chi connectivity index (χ0v) is 10.6. The number of carbonyl (C=O) groups excluding carboxylic acids is 2. The van der Waals surface area contributed by atoms with Gasteiger partial charge in [0.2, 0.25) is 0 Å². The first-order chi connectivity index (χ1) is 7.86. The molecule has 0 radical (unpaired) electrons. The van der Waals surface area contributed by atoms with Crippen LogP contribution < -0.4 is 0 Å². The number of carbonyl (C=O) groups is 2. The zero-order chi connectivity index (χ0) is 12.7. The minimum Gasteiger partial charge on any atom is -0.299 e. The Morgan fingerprint density at radius 3 is 2.12 bits per heavy atom. The van der Waals surface area contributed by atoms with Gasteiger partial charge in [-0.2, -0.15) is 0 Å². The fourth-order valence-corrected chi connectivity index (χ4v) is 2.73. The first-order valence-corrected chi connectivity index (χ1v) is 5.98. The second kappa shape index (κ2) is 3.80. The van der Waals surface area contributed by atoms with Crippen molar-refractivity contribution in [3.8, 4) is 0 Å². The van der Waals surface area contributed by atoms with E-state index >= 15 is 0 Å². The Kier molecular flexibility index (Phi) is 2.69. The Morgan fingerprint density at radius 1 is 1.06 bits per heavy atom. The highest BCUT2D eigenvalue weighted by Crippen LogP contribution is 2.44. The normalized spacial score (nSPS) is 27.5. The van der Waals surface area contributed by atoms with Crippen LogP contribution in [0.2, 0.25) is 0 Å². The summed E-state index contributed by atoms with van der Waals surface area (Å²) in [6.45, 7) is 5.52. The van der Waals surface area contributed by atoms with Crippen LogP contribution in [0.5, 0.6) is 0 Å². The molecule has 1 unspecified atom stereocenters. The summed E-state index contributed by atoms with van der Waals surface area (Å²) >= 11 is 0. The predicted molar refractivity (Wildman–Crippen MR) is 66.7 cm³/mol. The number of rotatable bonds is 2. The summed E-state index contributed by atoms with van der Waals surface area (Å²) in [5.74, 6) is 0.162. The average Bonchev–Trinajstić information content (AvgIpc) is 2.41. The molecule has 0 N–H and O–H groups in total. The van der Waals surface area contributed by atoms with E-state index in [0.29, 0.717) is 12.8 Å². The van der Waals surface area contributed by atoms with Gasteiger partial charge in [-0.25, -0.2) is 0 Å². The van der Waals surface area contributed by atoms with Crippen LogP contribution in [0.4, 0.5) is 0 Å². The average molecular weight is 230 g/mol. The zero-order valence-electron chi connectivity index (χ0n) is 10.6. The molecule has 0 aliphatic heterocycles. The van der Waals surface area contributed by atoms with E-state index in [1.54, 1.807) is 6.92 Å². The van der Waals surface area contributed by atoms with Crippen LogP contribution in [0.25, 0.3) is 0 Å². The smallest absolute Gasteiger partial charge is 0.152 e. The van der Waals surface area contributed by atoms with E-state index in [1.807, 2.05) is 44.2 Å². The van der Waals surface area contributed by atoms with Crippen molar-refractivity contribution in [2.24, 2.45) is 10.8 Å². The van der Waals surface area contributed by atoms with Crippen LogP contribution in [0.15, 0.2) is 30.3 Å². The fraction of sp³-hybridized carbons (Fsp3) is 0.467. The van der Waals surface area contributed by atoms with Gasteiger partial charge in [0.25, 0.3) is 0 Å². The summed E-state index contributed by atoms with van der Waals surface area (Å²) in [5.41, 5.74) is -0.278. The lowest BCUT2D eigenvalue weighted by atomic mass is 9.77. The minimum absolute atomic E-state index is 0.0800. The van der Waals surface area contributed by atoms with Crippen molar-refractivity contribution in [2.45, 2.75) is 33.6 Å². The van der Waals surface area contributed by atoms with Crippen molar-refractivity contribution < 1.29 is 9.59 Å². The molecular formula is C15H18O2. The van der Waals surface area contributed by atoms with Gasteiger partial charge in [0, 0.05) is 11.8 Å². The number of ketones is 2. The van der Waals surface area contributed by atoms with Crippen LogP contribution in [0.3, 0.4) is 0 Å². The SMILES string of the molecule is CC1(C)CC(=O)C(C)(Cc2ccccc2)C1=O. The topological polar surface area (TPSA) is 34.1 Å². The quantitative estimate of drug-likeness (QED) is 0.732. The molecule has 0 aromatic heterocycles. The summed E-state index contributed by atoms with van der Waals surface area (Å²) in [4.78, 5) is 24.4. The van der Waals surface area contributed by atoms with Gasteiger partial charge in [0.1, 0.15) is 5.78 Å². The monoisotopic (exact) mass is 230 g/mol. The lowest BCUT2D eigenvalue weighted by molar-refractivity contribution is -0.136. The summed E-state index contributed by atoms with van der Waals surface area (Å²) in [6.07, 6.45) is 0.893. The van der Waals surface area contributed by atoms with Crippen LogP contribution in [-0.4, -0.2) is 11.6 Å². The maximum absolute atomic E-state index is 12.3. The van der Waals surface area contributed by atoms with Gasteiger partial charge in [-0.1, -0.05) is 44.2 Å². The molecule has 2 heteroatoms. The third-order valence-electron chi connectivity index (χ3n) is 3.73. The van der Waals surface area contributed by atoms with Crippen molar-refractivity contribution in [1.82, 2.24) is 0 Å². The molecule has 90 valence electrons. The molecule has 1 atom stereocenters. The van der Waals surface area contributed by atoms with Gasteiger partial charge in [-0.15, -0.1) is 0 Å². The van der Waals surface area contributed by atoms with Gasteiger partial charge in [0.05, 0.1) is 5.41 Å². The molecule has 17 heavy (non-hydrogen) atoms. The maximum Gasteiger partial charge on any atom is 0.152 e. The van der Waals surface area contributed by atoms with Gasteiger partial charge >= 0.3 is 0 Å². The lowest BCUT2D eigenvalue weighted by Crippen LogP contribution is -2.35. The molecule has 1 aliphatic carbocycles. The van der Waals surface area contributed by atoms with Gasteiger partial charge in [0.15, 0.2) is 5.78 Å². The summed E-state index contributed by atoms with van der Waals surface area (Å²) in [7, 11) is 0. The van der Waals surface area contributed by atoms with E-state index in [4.69, 9.17) is 0 Å². The van der Waals surface area contributed by atoms with Crippen LogP contribution in [0.1, 0.15) is 32.8 Å². The first-order valence-electron chi connectivity index (χ1n) is 5.98. The molecule has 1 fully saturated rings. The summed E-state index contributed by atoms with van der Waals surface area (Å²) < 4.78 is 0.